The minimum Gasteiger partial charge on any atom is -0.384 e. The van der Waals surface area contributed by atoms with Crippen molar-refractivity contribution in [2.45, 2.75) is 19.8 Å². The number of nitrogen functional groups attached to an aromatic ring is 1. The number of pyridine rings is 1. The highest BCUT2D eigenvalue weighted by Crippen LogP contribution is 2.26. The number of carbonyl (C=O) groups is 1. The molecule has 1 aromatic carbocycles. The summed E-state index contributed by atoms with van der Waals surface area (Å²) in [6, 6.07) is 9.65. The van der Waals surface area contributed by atoms with E-state index in [9.17, 15) is 4.79 Å². The maximum atomic E-state index is 11.0. The van der Waals surface area contributed by atoms with Crippen LogP contribution in [-0.4, -0.2) is 27.1 Å². The van der Waals surface area contributed by atoms with Gasteiger partial charge in [0.25, 0.3) is 0 Å². The molecule has 118 valence electrons. The summed E-state index contributed by atoms with van der Waals surface area (Å²) in [5.41, 5.74) is 8.60. The van der Waals surface area contributed by atoms with Gasteiger partial charge >= 0.3 is 0 Å². The molecule has 6 nitrogen and oxygen atoms in total. The van der Waals surface area contributed by atoms with Gasteiger partial charge in [0, 0.05) is 42.5 Å². The lowest BCUT2D eigenvalue weighted by atomic mass is 10.1. The fraction of sp³-hybridized carbons (Fsp3) is 0.235. The summed E-state index contributed by atoms with van der Waals surface area (Å²) in [4.78, 5) is 15.4. The zero-order valence-electron chi connectivity index (χ0n) is 13.0. The van der Waals surface area contributed by atoms with Crippen LogP contribution in [-0.2, 0) is 4.79 Å². The highest BCUT2D eigenvalue weighted by molar-refractivity contribution is 5.94. The van der Waals surface area contributed by atoms with E-state index in [-0.39, 0.29) is 5.78 Å². The number of hydrogen-bond donors (Lipinski definition) is 2. The largest absolute Gasteiger partial charge is 0.384 e. The minimum atomic E-state index is 0.203. The van der Waals surface area contributed by atoms with Gasteiger partial charge in [0.2, 0.25) is 0 Å². The number of aromatic nitrogens is 3. The number of benzene rings is 1. The number of nitrogens with zero attached hydrogens (tertiary/aromatic N) is 3. The number of hydrogen-bond acceptors (Lipinski definition) is 5. The van der Waals surface area contributed by atoms with Gasteiger partial charge in [-0.2, -0.15) is 5.10 Å². The Hall–Kier alpha value is -2.89. The molecule has 0 unspecified atom stereocenters. The maximum Gasteiger partial charge on any atom is 0.129 e. The average Bonchev–Trinajstić information content (AvgIpc) is 3.04. The van der Waals surface area contributed by atoms with Crippen LogP contribution in [0.2, 0.25) is 0 Å². The Labute approximate surface area is 134 Å². The Balaban J connectivity index is 1.88. The van der Waals surface area contributed by atoms with Gasteiger partial charge < -0.3 is 15.8 Å². The van der Waals surface area contributed by atoms with Crippen molar-refractivity contribution < 1.29 is 4.79 Å². The molecule has 3 aromatic rings. The van der Waals surface area contributed by atoms with Crippen molar-refractivity contribution in [3.8, 4) is 5.69 Å². The standard InChI is InChI=1S/C17H19N5O/c1-12(23)4-2-7-19-15-11-17(18)21-16-10-13(5-6-14(15)16)22-9-3-8-20-22/h3,5-6,8-11H,2,4,7H2,1H3,(H3,18,19,21). The molecule has 0 aliphatic carbocycles. The van der Waals surface area contributed by atoms with Crippen LogP contribution in [0.3, 0.4) is 0 Å². The first-order chi connectivity index (χ1) is 11.1. The summed E-state index contributed by atoms with van der Waals surface area (Å²) in [5.74, 6) is 0.666. The number of fused-ring (bicyclic) bond motifs is 1. The minimum absolute atomic E-state index is 0.203. The molecule has 0 fully saturated rings. The van der Waals surface area contributed by atoms with Crippen LogP contribution in [0.15, 0.2) is 42.7 Å². The summed E-state index contributed by atoms with van der Waals surface area (Å²) in [7, 11) is 0. The van der Waals surface area contributed by atoms with Crippen molar-refractivity contribution >= 4 is 28.2 Å². The van der Waals surface area contributed by atoms with Gasteiger partial charge in [-0.25, -0.2) is 9.67 Å². The van der Waals surface area contributed by atoms with E-state index in [1.54, 1.807) is 17.8 Å². The van der Waals surface area contributed by atoms with E-state index in [2.05, 4.69) is 15.4 Å². The topological polar surface area (TPSA) is 85.8 Å². The SMILES string of the molecule is CC(=O)CCCNc1cc(N)nc2cc(-n3cccn3)ccc12. The molecule has 0 radical (unpaired) electrons. The molecule has 0 saturated heterocycles. The highest BCUT2D eigenvalue weighted by Gasteiger charge is 2.07. The summed E-state index contributed by atoms with van der Waals surface area (Å²) in [6.45, 7) is 2.33. The molecule has 6 heteroatoms. The monoisotopic (exact) mass is 309 g/mol. The second-order valence-electron chi connectivity index (χ2n) is 5.48. The Morgan fingerprint density at radius 2 is 2.22 bits per heavy atom. The Morgan fingerprint density at radius 1 is 1.35 bits per heavy atom. The van der Waals surface area contributed by atoms with Gasteiger partial charge in [-0.3, -0.25) is 0 Å². The smallest absolute Gasteiger partial charge is 0.129 e. The molecule has 0 spiro atoms. The molecule has 0 amide bonds. The second kappa shape index (κ2) is 6.48. The lowest BCUT2D eigenvalue weighted by Crippen LogP contribution is -2.05. The molecule has 3 N–H and O–H groups in total. The van der Waals surface area contributed by atoms with E-state index in [0.29, 0.717) is 12.2 Å². The Morgan fingerprint density at radius 3 is 2.96 bits per heavy atom. The van der Waals surface area contributed by atoms with Crippen LogP contribution in [0, 0.1) is 0 Å². The second-order valence-corrected chi connectivity index (χ2v) is 5.48. The van der Waals surface area contributed by atoms with Crippen molar-refractivity contribution in [1.29, 1.82) is 0 Å². The maximum absolute atomic E-state index is 11.0. The van der Waals surface area contributed by atoms with Gasteiger partial charge in [0.05, 0.1) is 11.2 Å². The van der Waals surface area contributed by atoms with Crippen LogP contribution in [0.5, 0.6) is 0 Å². The Kier molecular flexibility index (Phi) is 4.23. The van der Waals surface area contributed by atoms with E-state index < -0.39 is 0 Å². The average molecular weight is 309 g/mol. The van der Waals surface area contributed by atoms with E-state index >= 15 is 0 Å². The number of anilines is 2. The summed E-state index contributed by atoms with van der Waals surface area (Å²) in [6.07, 6.45) is 4.99. The molecule has 0 aliphatic rings. The molecule has 0 bridgehead atoms. The zero-order valence-corrected chi connectivity index (χ0v) is 13.0. The first kappa shape index (κ1) is 15.0. The molecule has 0 aliphatic heterocycles. The van der Waals surface area contributed by atoms with Gasteiger partial charge in [0.15, 0.2) is 0 Å². The number of ketones is 1. The van der Waals surface area contributed by atoms with Crippen LogP contribution in [0.25, 0.3) is 16.6 Å². The predicted octanol–water partition coefficient (Wildman–Crippen LogP) is 2.78. The van der Waals surface area contributed by atoms with E-state index in [0.717, 1.165) is 35.2 Å². The molecule has 0 saturated carbocycles. The molecule has 23 heavy (non-hydrogen) atoms. The lowest BCUT2D eigenvalue weighted by Gasteiger charge is -2.11. The van der Waals surface area contributed by atoms with E-state index in [1.807, 2.05) is 36.5 Å². The fourth-order valence-corrected chi connectivity index (χ4v) is 2.51. The van der Waals surface area contributed by atoms with Crippen molar-refractivity contribution in [2.75, 3.05) is 17.6 Å². The quantitative estimate of drug-likeness (QED) is 0.684. The summed E-state index contributed by atoms with van der Waals surface area (Å²) < 4.78 is 1.78. The highest BCUT2D eigenvalue weighted by atomic mass is 16.1. The lowest BCUT2D eigenvalue weighted by molar-refractivity contribution is -0.117. The molecule has 2 aromatic heterocycles. The third-order valence-electron chi connectivity index (χ3n) is 3.60. The van der Waals surface area contributed by atoms with Crippen LogP contribution >= 0.6 is 0 Å². The van der Waals surface area contributed by atoms with Gasteiger partial charge in [0.1, 0.15) is 11.6 Å². The third-order valence-corrected chi connectivity index (χ3v) is 3.60. The molecule has 2 heterocycles. The summed E-state index contributed by atoms with van der Waals surface area (Å²) >= 11 is 0. The molecule has 0 atom stereocenters. The number of nitrogens with two attached hydrogens (primary N) is 1. The van der Waals surface area contributed by atoms with E-state index in [1.165, 1.54) is 0 Å². The molecular formula is C17H19N5O. The number of rotatable bonds is 6. The predicted molar refractivity (Wildman–Crippen MR) is 91.7 cm³/mol. The number of nitrogens with one attached hydrogen (secondary N) is 1. The molecular weight excluding hydrogens is 290 g/mol. The van der Waals surface area contributed by atoms with Crippen LogP contribution in [0.4, 0.5) is 11.5 Å². The first-order valence-corrected chi connectivity index (χ1v) is 7.57. The zero-order chi connectivity index (χ0) is 16.2. The van der Waals surface area contributed by atoms with Gasteiger partial charge in [-0.05, 0) is 37.6 Å². The number of Topliss-reactive ketones (excluding diaryl/α,β-unsaturated/α-hetero) is 1. The third kappa shape index (κ3) is 3.48. The Bertz CT molecular complexity index is 826. The fourth-order valence-electron chi connectivity index (χ4n) is 2.51. The van der Waals surface area contributed by atoms with Crippen molar-refractivity contribution in [3.05, 3.63) is 42.7 Å². The first-order valence-electron chi connectivity index (χ1n) is 7.57. The van der Waals surface area contributed by atoms with Crippen molar-refractivity contribution in [1.82, 2.24) is 14.8 Å². The van der Waals surface area contributed by atoms with Crippen LogP contribution in [0.1, 0.15) is 19.8 Å². The summed E-state index contributed by atoms with van der Waals surface area (Å²) in [5, 5.41) is 8.57. The van der Waals surface area contributed by atoms with Crippen molar-refractivity contribution in [2.24, 2.45) is 0 Å². The van der Waals surface area contributed by atoms with Crippen molar-refractivity contribution in [3.63, 3.8) is 0 Å². The number of carbonyl (C=O) groups excluding carboxylic acids is 1. The van der Waals surface area contributed by atoms with Gasteiger partial charge in [-0.15, -0.1) is 0 Å². The van der Waals surface area contributed by atoms with E-state index in [4.69, 9.17) is 5.73 Å². The molecule has 3 rings (SSSR count). The van der Waals surface area contributed by atoms with Gasteiger partial charge in [-0.1, -0.05) is 0 Å². The van der Waals surface area contributed by atoms with Crippen LogP contribution < -0.4 is 11.1 Å². The normalized spacial score (nSPS) is 10.8.